The number of nitrogens with zero attached hydrogens (tertiary/aromatic N) is 1. The Kier molecular flexibility index (Phi) is 4.12. The molecule has 94 valence electrons. The van der Waals surface area contributed by atoms with Crippen molar-refractivity contribution < 1.29 is 15.0 Å². The number of carboxylic acid groups (broad SMARTS) is 1. The van der Waals surface area contributed by atoms with Gasteiger partial charge in [-0.15, -0.1) is 0 Å². The summed E-state index contributed by atoms with van der Waals surface area (Å²) in [7, 11) is 0. The Balaban J connectivity index is 3.29. The molecule has 1 aromatic carbocycles. The van der Waals surface area contributed by atoms with Crippen LogP contribution in [0.3, 0.4) is 0 Å². The van der Waals surface area contributed by atoms with Gasteiger partial charge in [0, 0.05) is 0 Å². The quantitative estimate of drug-likeness (QED) is 0.822. The summed E-state index contributed by atoms with van der Waals surface area (Å²) in [6.07, 6.45) is 0. The molecule has 0 aromatic heterocycles. The van der Waals surface area contributed by atoms with Gasteiger partial charge >= 0.3 is 5.97 Å². The molecule has 1 rings (SSSR count). The van der Waals surface area contributed by atoms with Crippen molar-refractivity contribution in [3.63, 3.8) is 0 Å². The van der Waals surface area contributed by atoms with Gasteiger partial charge in [0.2, 0.25) is 0 Å². The Morgan fingerprint density at radius 3 is 2.35 bits per heavy atom. The molecule has 1 atom stereocenters. The van der Waals surface area contributed by atoms with Crippen molar-refractivity contribution >= 4 is 5.97 Å². The normalized spacial score (nSPS) is 14.6. The molecule has 4 heteroatoms. The van der Waals surface area contributed by atoms with E-state index in [1.54, 1.807) is 19.1 Å². The van der Waals surface area contributed by atoms with Crippen molar-refractivity contribution in [1.82, 2.24) is 4.90 Å². The van der Waals surface area contributed by atoms with Crippen molar-refractivity contribution in [3.8, 4) is 5.75 Å². The van der Waals surface area contributed by atoms with Gasteiger partial charge in [-0.1, -0.05) is 26.0 Å². The van der Waals surface area contributed by atoms with E-state index in [4.69, 9.17) is 0 Å². The number of hydrogen-bond acceptors (Lipinski definition) is 3. The van der Waals surface area contributed by atoms with Crippen LogP contribution in [0.1, 0.15) is 26.3 Å². The molecule has 0 aliphatic carbocycles. The van der Waals surface area contributed by atoms with Crippen molar-refractivity contribution in [2.24, 2.45) is 0 Å². The number of aromatic hydroxyl groups is 1. The van der Waals surface area contributed by atoms with Crippen LogP contribution in [0.4, 0.5) is 0 Å². The number of carboxylic acids is 1. The largest absolute Gasteiger partial charge is 0.508 e. The number of carbonyl (C=O) groups is 1. The summed E-state index contributed by atoms with van der Waals surface area (Å²) in [5.41, 5.74) is -0.517. The third-order valence-electron chi connectivity index (χ3n) is 3.22. The van der Waals surface area contributed by atoms with Gasteiger partial charge in [-0.2, -0.15) is 0 Å². The van der Waals surface area contributed by atoms with Crippen LogP contribution < -0.4 is 0 Å². The van der Waals surface area contributed by atoms with Gasteiger partial charge in [0.25, 0.3) is 0 Å². The first-order valence-corrected chi connectivity index (χ1v) is 5.74. The second-order valence-corrected chi connectivity index (χ2v) is 4.10. The highest BCUT2D eigenvalue weighted by molar-refractivity contribution is 5.80. The number of rotatable bonds is 5. The summed E-state index contributed by atoms with van der Waals surface area (Å²) in [5, 5.41) is 19.0. The molecular weight excluding hydrogens is 218 g/mol. The predicted molar refractivity (Wildman–Crippen MR) is 66.0 cm³/mol. The first kappa shape index (κ1) is 13.5. The molecule has 0 saturated carbocycles. The first-order chi connectivity index (χ1) is 7.96. The Morgan fingerprint density at radius 1 is 1.35 bits per heavy atom. The molecule has 0 bridgehead atoms. The highest BCUT2D eigenvalue weighted by Crippen LogP contribution is 2.30. The van der Waals surface area contributed by atoms with Crippen molar-refractivity contribution in [1.29, 1.82) is 0 Å². The van der Waals surface area contributed by atoms with E-state index in [0.717, 1.165) is 0 Å². The van der Waals surface area contributed by atoms with Gasteiger partial charge in [-0.25, -0.2) is 4.79 Å². The second kappa shape index (κ2) is 5.19. The average molecular weight is 237 g/mol. The number of aliphatic carboxylic acids is 1. The Hall–Kier alpha value is -1.55. The van der Waals surface area contributed by atoms with Gasteiger partial charge in [-0.05, 0) is 37.7 Å². The van der Waals surface area contributed by atoms with Crippen LogP contribution in [0.25, 0.3) is 0 Å². The summed E-state index contributed by atoms with van der Waals surface area (Å²) < 4.78 is 0. The van der Waals surface area contributed by atoms with Crippen molar-refractivity contribution in [2.75, 3.05) is 13.1 Å². The zero-order valence-electron chi connectivity index (χ0n) is 10.5. The molecule has 2 N–H and O–H groups in total. The van der Waals surface area contributed by atoms with E-state index in [1.165, 1.54) is 12.1 Å². The van der Waals surface area contributed by atoms with Crippen LogP contribution in [0.15, 0.2) is 24.3 Å². The molecule has 0 spiro atoms. The van der Waals surface area contributed by atoms with E-state index in [9.17, 15) is 15.0 Å². The zero-order chi connectivity index (χ0) is 13.1. The topological polar surface area (TPSA) is 60.8 Å². The van der Waals surface area contributed by atoms with Crippen molar-refractivity contribution in [2.45, 2.75) is 26.3 Å². The molecule has 0 fully saturated rings. The number of hydrogen-bond donors (Lipinski definition) is 2. The van der Waals surface area contributed by atoms with Crippen molar-refractivity contribution in [3.05, 3.63) is 29.8 Å². The number of likely N-dealkylation sites (N-methyl/N-ethyl adjacent to an activating group) is 1. The lowest BCUT2D eigenvalue weighted by Gasteiger charge is -2.37. The number of phenols is 1. The number of phenolic OH excluding ortho intramolecular Hbond substituents is 1. The molecule has 0 radical (unpaired) electrons. The maximum absolute atomic E-state index is 11.6. The van der Waals surface area contributed by atoms with Gasteiger partial charge < -0.3 is 10.2 Å². The minimum absolute atomic E-state index is 0.0853. The van der Waals surface area contributed by atoms with E-state index >= 15 is 0 Å². The third kappa shape index (κ3) is 2.42. The van der Waals surface area contributed by atoms with Gasteiger partial charge in [0.15, 0.2) is 0 Å². The standard InChI is InChI=1S/C13H19NO3/c1-4-14(5-2)13(3,12(16)17)10-7-6-8-11(15)9-10/h6-9,15H,4-5H2,1-3H3,(H,16,17). The van der Waals surface area contributed by atoms with E-state index in [-0.39, 0.29) is 5.75 Å². The van der Waals surface area contributed by atoms with E-state index in [0.29, 0.717) is 18.7 Å². The maximum atomic E-state index is 11.6. The van der Waals surface area contributed by atoms with Crippen LogP contribution >= 0.6 is 0 Å². The molecular formula is C13H19NO3. The molecule has 17 heavy (non-hydrogen) atoms. The Bertz CT molecular complexity index is 401. The van der Waals surface area contributed by atoms with Crippen LogP contribution in [-0.4, -0.2) is 34.2 Å². The monoisotopic (exact) mass is 237 g/mol. The van der Waals surface area contributed by atoms with Gasteiger partial charge in [-0.3, -0.25) is 4.90 Å². The summed E-state index contributed by atoms with van der Waals surface area (Å²) in [6.45, 7) is 6.78. The SMILES string of the molecule is CCN(CC)C(C)(C(=O)O)c1cccc(O)c1. The third-order valence-corrected chi connectivity index (χ3v) is 3.22. The Labute approximate surface area is 101 Å². The second-order valence-electron chi connectivity index (χ2n) is 4.10. The summed E-state index contributed by atoms with van der Waals surface area (Å²) in [4.78, 5) is 13.4. The fourth-order valence-electron chi connectivity index (χ4n) is 2.11. The molecule has 0 aliphatic heterocycles. The Morgan fingerprint density at radius 2 is 1.94 bits per heavy atom. The molecule has 0 saturated heterocycles. The first-order valence-electron chi connectivity index (χ1n) is 5.74. The lowest BCUT2D eigenvalue weighted by Crippen LogP contribution is -2.49. The maximum Gasteiger partial charge on any atom is 0.328 e. The van der Waals surface area contributed by atoms with Crippen LogP contribution in [0.2, 0.25) is 0 Å². The highest BCUT2D eigenvalue weighted by Gasteiger charge is 2.40. The number of benzene rings is 1. The van der Waals surface area contributed by atoms with Crippen LogP contribution in [0.5, 0.6) is 5.75 Å². The zero-order valence-corrected chi connectivity index (χ0v) is 10.5. The lowest BCUT2D eigenvalue weighted by molar-refractivity contribution is -0.151. The summed E-state index contributed by atoms with van der Waals surface area (Å²) in [6, 6.07) is 6.43. The summed E-state index contributed by atoms with van der Waals surface area (Å²) in [5.74, 6) is -0.825. The van der Waals surface area contributed by atoms with E-state index < -0.39 is 11.5 Å². The smallest absolute Gasteiger partial charge is 0.328 e. The summed E-state index contributed by atoms with van der Waals surface area (Å²) >= 11 is 0. The molecule has 1 aromatic rings. The fraction of sp³-hybridized carbons (Fsp3) is 0.462. The minimum Gasteiger partial charge on any atom is -0.508 e. The lowest BCUT2D eigenvalue weighted by atomic mass is 9.89. The minimum atomic E-state index is -1.11. The molecule has 0 amide bonds. The van der Waals surface area contributed by atoms with E-state index in [2.05, 4.69) is 0 Å². The highest BCUT2D eigenvalue weighted by atomic mass is 16.4. The molecule has 0 aliphatic rings. The van der Waals surface area contributed by atoms with Crippen LogP contribution in [0, 0.1) is 0 Å². The molecule has 4 nitrogen and oxygen atoms in total. The fourth-order valence-corrected chi connectivity index (χ4v) is 2.11. The van der Waals surface area contributed by atoms with Crippen LogP contribution in [-0.2, 0) is 10.3 Å². The van der Waals surface area contributed by atoms with Gasteiger partial charge in [0.05, 0.1) is 0 Å². The van der Waals surface area contributed by atoms with Gasteiger partial charge in [0.1, 0.15) is 11.3 Å². The van der Waals surface area contributed by atoms with E-state index in [1.807, 2.05) is 18.7 Å². The predicted octanol–water partition coefficient (Wildman–Crippen LogP) is 2.03. The average Bonchev–Trinajstić information content (AvgIpc) is 2.30. The molecule has 1 unspecified atom stereocenters. The molecule has 0 heterocycles.